The summed E-state index contributed by atoms with van der Waals surface area (Å²) in [6.07, 6.45) is 1.60. The van der Waals surface area contributed by atoms with Crippen LogP contribution >= 0.6 is 0 Å². The van der Waals surface area contributed by atoms with Gasteiger partial charge < -0.3 is 16.4 Å². The largest absolute Gasteiger partial charge is 0.384 e. The lowest BCUT2D eigenvalue weighted by Gasteiger charge is -2.35. The van der Waals surface area contributed by atoms with Crippen LogP contribution in [0.25, 0.3) is 0 Å². The van der Waals surface area contributed by atoms with Crippen LogP contribution in [0, 0.1) is 18.8 Å². The summed E-state index contributed by atoms with van der Waals surface area (Å²) in [5.41, 5.74) is 13.5. The molecule has 1 fully saturated rings. The molecule has 0 atom stereocenters. The second kappa shape index (κ2) is 8.00. The first-order valence-electron chi connectivity index (χ1n) is 8.90. The number of sulfonamides is 1. The number of hydrogen-bond acceptors (Lipinski definition) is 8. The van der Waals surface area contributed by atoms with Crippen molar-refractivity contribution in [1.82, 2.24) is 19.3 Å². The maximum absolute atomic E-state index is 12.1. The highest BCUT2D eigenvalue weighted by atomic mass is 32.2. The number of aromatic nitrogens is 3. The number of nitrogen functional groups attached to an aromatic ring is 2. The molecule has 4 N–H and O–H groups in total. The van der Waals surface area contributed by atoms with Gasteiger partial charge in [-0.05, 0) is 26.0 Å². The number of nitrogens with zero attached hydrogens (tertiary/aromatic N) is 5. The molecule has 28 heavy (non-hydrogen) atoms. The van der Waals surface area contributed by atoms with Gasteiger partial charge >= 0.3 is 0 Å². The van der Waals surface area contributed by atoms with Crippen molar-refractivity contribution in [3.05, 3.63) is 35.2 Å². The van der Waals surface area contributed by atoms with Gasteiger partial charge in [0.15, 0.2) is 0 Å². The van der Waals surface area contributed by atoms with Gasteiger partial charge in [0, 0.05) is 37.9 Å². The molecule has 0 bridgehead atoms. The molecule has 3 heterocycles. The normalized spacial score (nSPS) is 15.1. The monoisotopic (exact) mass is 401 g/mol. The third-order valence-electron chi connectivity index (χ3n) is 4.50. The van der Waals surface area contributed by atoms with Gasteiger partial charge in [0.2, 0.25) is 16.0 Å². The van der Waals surface area contributed by atoms with E-state index < -0.39 is 10.0 Å². The van der Waals surface area contributed by atoms with Gasteiger partial charge in [-0.1, -0.05) is 11.8 Å². The van der Waals surface area contributed by atoms with Crippen LogP contribution in [0.2, 0.25) is 0 Å². The Kier molecular flexibility index (Phi) is 5.67. The highest BCUT2D eigenvalue weighted by Crippen LogP contribution is 2.23. The molecule has 1 aliphatic heterocycles. The summed E-state index contributed by atoms with van der Waals surface area (Å²) >= 11 is 0. The average Bonchev–Trinajstić information content (AvgIpc) is 2.68. The van der Waals surface area contributed by atoms with E-state index in [1.807, 2.05) is 11.8 Å². The lowest BCUT2D eigenvalue weighted by Crippen LogP contribution is -2.49. The summed E-state index contributed by atoms with van der Waals surface area (Å²) in [5, 5.41) is 0. The zero-order valence-corrected chi connectivity index (χ0v) is 16.7. The molecule has 0 aromatic carbocycles. The highest BCUT2D eigenvalue weighted by Gasteiger charge is 2.27. The second-order valence-corrected chi connectivity index (χ2v) is 8.63. The molecule has 9 nitrogen and oxygen atoms in total. The maximum atomic E-state index is 12.1. The molecular formula is C18H23N7O2S. The zero-order valence-electron chi connectivity index (χ0n) is 15.9. The third kappa shape index (κ3) is 4.32. The van der Waals surface area contributed by atoms with E-state index in [1.54, 1.807) is 25.3 Å². The number of piperazine rings is 1. The number of hydrogen-bond donors (Lipinski definition) is 2. The average molecular weight is 401 g/mol. The predicted octanol–water partition coefficient (Wildman–Crippen LogP) is 0.216. The molecule has 0 radical (unpaired) electrons. The Morgan fingerprint density at radius 1 is 1.11 bits per heavy atom. The Labute approximate surface area is 164 Å². The molecule has 2 aromatic rings. The van der Waals surface area contributed by atoms with Crippen LogP contribution in [0.1, 0.15) is 23.7 Å². The predicted molar refractivity (Wildman–Crippen MR) is 109 cm³/mol. The SMILES string of the molecule is CCS(=O)(=O)N1CCN(c2nc(N)nc(C)c2C#Cc2ccc(N)nc2)CC1. The van der Waals surface area contributed by atoms with Crippen molar-refractivity contribution >= 4 is 27.6 Å². The van der Waals surface area contributed by atoms with Gasteiger partial charge in [-0.15, -0.1) is 0 Å². The van der Waals surface area contributed by atoms with E-state index >= 15 is 0 Å². The first-order chi connectivity index (χ1) is 13.3. The van der Waals surface area contributed by atoms with E-state index in [9.17, 15) is 8.42 Å². The summed E-state index contributed by atoms with van der Waals surface area (Å²) in [4.78, 5) is 14.6. The fraction of sp³-hybridized carbons (Fsp3) is 0.389. The number of aryl methyl sites for hydroxylation is 1. The van der Waals surface area contributed by atoms with Gasteiger partial charge in [0.25, 0.3) is 0 Å². The van der Waals surface area contributed by atoms with E-state index in [0.717, 1.165) is 5.56 Å². The van der Waals surface area contributed by atoms with E-state index in [-0.39, 0.29) is 11.7 Å². The minimum atomic E-state index is -3.20. The Morgan fingerprint density at radius 2 is 1.82 bits per heavy atom. The van der Waals surface area contributed by atoms with Crippen molar-refractivity contribution in [2.45, 2.75) is 13.8 Å². The molecule has 148 valence electrons. The molecule has 2 aromatic heterocycles. The van der Waals surface area contributed by atoms with E-state index in [2.05, 4.69) is 26.8 Å². The van der Waals surface area contributed by atoms with E-state index in [0.29, 0.717) is 49.1 Å². The molecule has 10 heteroatoms. The summed E-state index contributed by atoms with van der Waals surface area (Å²) < 4.78 is 25.7. The minimum Gasteiger partial charge on any atom is -0.384 e. The van der Waals surface area contributed by atoms with Gasteiger partial charge in [-0.2, -0.15) is 9.29 Å². The molecule has 0 unspecified atom stereocenters. The summed E-state index contributed by atoms with van der Waals surface area (Å²) in [6, 6.07) is 3.47. The topological polar surface area (TPSA) is 131 Å². The highest BCUT2D eigenvalue weighted by molar-refractivity contribution is 7.89. The molecule has 0 saturated carbocycles. The Balaban J connectivity index is 1.89. The lowest BCUT2D eigenvalue weighted by molar-refractivity contribution is 0.384. The zero-order chi connectivity index (χ0) is 20.3. The summed E-state index contributed by atoms with van der Waals surface area (Å²) in [6.45, 7) is 5.28. The first kappa shape index (κ1) is 19.9. The Morgan fingerprint density at radius 3 is 2.43 bits per heavy atom. The molecule has 0 aliphatic carbocycles. The number of nitrogens with two attached hydrogens (primary N) is 2. The van der Waals surface area contributed by atoms with Gasteiger partial charge in [-0.3, -0.25) is 0 Å². The van der Waals surface area contributed by atoms with E-state index in [1.165, 1.54) is 4.31 Å². The first-order valence-corrected chi connectivity index (χ1v) is 10.5. The number of pyridine rings is 1. The molecule has 1 saturated heterocycles. The standard InChI is InChI=1S/C18H23N7O2S/c1-3-28(26,27)25-10-8-24(9-11-25)17-15(13(2)22-18(20)23-17)6-4-14-5-7-16(19)21-12-14/h5,7,12H,3,8-11H2,1-2H3,(H2,19,21)(H2,20,22,23). The molecule has 3 rings (SSSR count). The lowest BCUT2D eigenvalue weighted by atomic mass is 10.1. The number of rotatable bonds is 3. The van der Waals surface area contributed by atoms with Gasteiger partial charge in [0.1, 0.15) is 11.6 Å². The van der Waals surface area contributed by atoms with E-state index in [4.69, 9.17) is 11.5 Å². The second-order valence-electron chi connectivity index (χ2n) is 6.37. The summed E-state index contributed by atoms with van der Waals surface area (Å²) in [5.74, 6) is 7.47. The van der Waals surface area contributed by atoms with Crippen molar-refractivity contribution in [1.29, 1.82) is 0 Å². The number of anilines is 3. The van der Waals surface area contributed by atoms with Crippen molar-refractivity contribution in [3.8, 4) is 11.8 Å². The quantitative estimate of drug-likeness (QED) is 0.698. The third-order valence-corrected chi connectivity index (χ3v) is 6.38. The van der Waals surface area contributed by atoms with Crippen LogP contribution in [0.4, 0.5) is 17.6 Å². The Hall–Kier alpha value is -2.90. The van der Waals surface area contributed by atoms with Crippen molar-refractivity contribution in [2.24, 2.45) is 0 Å². The Bertz CT molecular complexity index is 1020. The van der Waals surface area contributed by atoms with Crippen LogP contribution in [0.15, 0.2) is 18.3 Å². The molecule has 0 spiro atoms. The van der Waals surface area contributed by atoms with Crippen molar-refractivity contribution in [2.75, 3.05) is 48.3 Å². The van der Waals surface area contributed by atoms with Crippen molar-refractivity contribution in [3.63, 3.8) is 0 Å². The molecular weight excluding hydrogens is 378 g/mol. The fourth-order valence-electron chi connectivity index (χ4n) is 2.93. The van der Waals surface area contributed by atoms with Crippen LogP contribution in [0.5, 0.6) is 0 Å². The summed E-state index contributed by atoms with van der Waals surface area (Å²) in [7, 11) is -3.20. The van der Waals surface area contributed by atoms with Gasteiger partial charge in [-0.25, -0.2) is 18.4 Å². The van der Waals surface area contributed by atoms with Crippen LogP contribution in [-0.4, -0.2) is 59.6 Å². The molecule has 0 amide bonds. The van der Waals surface area contributed by atoms with Crippen LogP contribution in [0.3, 0.4) is 0 Å². The van der Waals surface area contributed by atoms with Crippen LogP contribution < -0.4 is 16.4 Å². The minimum absolute atomic E-state index is 0.0961. The van der Waals surface area contributed by atoms with Crippen molar-refractivity contribution < 1.29 is 8.42 Å². The maximum Gasteiger partial charge on any atom is 0.222 e. The van der Waals surface area contributed by atoms with Crippen LogP contribution in [-0.2, 0) is 10.0 Å². The van der Waals surface area contributed by atoms with Gasteiger partial charge in [0.05, 0.1) is 17.0 Å². The smallest absolute Gasteiger partial charge is 0.222 e. The fourth-order valence-corrected chi connectivity index (χ4v) is 4.01. The molecule has 1 aliphatic rings.